The van der Waals surface area contributed by atoms with Crippen LogP contribution in [-0.2, 0) is 10.0 Å². The van der Waals surface area contributed by atoms with E-state index in [0.29, 0.717) is 5.02 Å². The minimum Gasteiger partial charge on any atom is -0.398 e. The van der Waals surface area contributed by atoms with E-state index in [0.717, 1.165) is 12.1 Å². The molecule has 0 amide bonds. The fourth-order valence-electron chi connectivity index (χ4n) is 1.51. The number of sulfonamides is 1. The molecule has 0 aromatic heterocycles. The quantitative estimate of drug-likeness (QED) is 0.843. The van der Waals surface area contributed by atoms with E-state index >= 15 is 0 Å². The number of rotatable bonds is 3. The second-order valence-corrected chi connectivity index (χ2v) is 6.38. The minimum absolute atomic E-state index is 0.0565. The average molecular weight is 335 g/mol. The first-order valence-electron chi connectivity index (χ1n) is 5.32. The first-order chi connectivity index (χ1) is 9.29. The Morgan fingerprint density at radius 2 is 1.75 bits per heavy atom. The minimum atomic E-state index is -4.01. The van der Waals surface area contributed by atoms with Crippen molar-refractivity contribution in [1.82, 2.24) is 0 Å². The van der Waals surface area contributed by atoms with E-state index in [2.05, 4.69) is 4.72 Å². The van der Waals surface area contributed by atoms with Gasteiger partial charge in [0.1, 0.15) is 10.7 Å². The maximum Gasteiger partial charge on any atom is 0.264 e. The van der Waals surface area contributed by atoms with Gasteiger partial charge in [0.25, 0.3) is 10.0 Å². The summed E-state index contributed by atoms with van der Waals surface area (Å²) in [5.41, 5.74) is 5.69. The van der Waals surface area contributed by atoms with Crippen LogP contribution in [0.25, 0.3) is 0 Å². The predicted octanol–water partition coefficient (Wildman–Crippen LogP) is 3.52. The van der Waals surface area contributed by atoms with Gasteiger partial charge < -0.3 is 5.73 Å². The number of benzene rings is 2. The summed E-state index contributed by atoms with van der Waals surface area (Å²) in [5, 5.41) is 0.485. The highest BCUT2D eigenvalue weighted by Gasteiger charge is 2.18. The molecule has 4 nitrogen and oxygen atoms in total. The third-order valence-corrected chi connectivity index (χ3v) is 4.61. The molecular formula is C12H9Cl2FN2O2S. The molecule has 3 N–H and O–H groups in total. The van der Waals surface area contributed by atoms with Crippen molar-refractivity contribution >= 4 is 44.6 Å². The van der Waals surface area contributed by atoms with Crippen LogP contribution in [0.1, 0.15) is 0 Å². The Bertz CT molecular complexity index is 766. The standard InChI is InChI=1S/C12H9Cl2FN2O2S/c13-9-3-2-8(6-10(9)14)17-20(18,19)12-5-7(15)1-4-11(12)16/h1-6,17H,16H2. The molecule has 0 atom stereocenters. The van der Waals surface area contributed by atoms with Gasteiger partial charge in [0, 0.05) is 0 Å². The van der Waals surface area contributed by atoms with Crippen molar-refractivity contribution in [2.24, 2.45) is 0 Å². The van der Waals surface area contributed by atoms with Crippen molar-refractivity contribution in [1.29, 1.82) is 0 Å². The molecule has 0 fully saturated rings. The van der Waals surface area contributed by atoms with E-state index in [1.54, 1.807) is 0 Å². The summed E-state index contributed by atoms with van der Waals surface area (Å²) in [6, 6.07) is 7.32. The molecule has 0 bridgehead atoms. The smallest absolute Gasteiger partial charge is 0.264 e. The summed E-state index contributed by atoms with van der Waals surface area (Å²) in [6.45, 7) is 0. The lowest BCUT2D eigenvalue weighted by atomic mass is 10.3. The molecule has 0 aliphatic rings. The fraction of sp³-hybridized carbons (Fsp3) is 0. The second kappa shape index (κ2) is 5.47. The molecule has 0 heterocycles. The van der Waals surface area contributed by atoms with Gasteiger partial charge in [-0.1, -0.05) is 23.2 Å². The van der Waals surface area contributed by atoms with Gasteiger partial charge in [-0.25, -0.2) is 12.8 Å². The summed E-state index contributed by atoms with van der Waals surface area (Å²) in [5.74, 6) is -0.700. The maximum absolute atomic E-state index is 13.1. The fourth-order valence-corrected chi connectivity index (χ4v) is 3.00. The number of nitrogen functional groups attached to an aromatic ring is 1. The Hall–Kier alpha value is -1.50. The van der Waals surface area contributed by atoms with Crippen LogP contribution in [0.5, 0.6) is 0 Å². The van der Waals surface area contributed by atoms with Gasteiger partial charge in [-0.15, -0.1) is 0 Å². The molecule has 106 valence electrons. The van der Waals surface area contributed by atoms with Crippen LogP contribution >= 0.6 is 23.2 Å². The number of hydrogen-bond donors (Lipinski definition) is 2. The van der Waals surface area contributed by atoms with E-state index in [1.165, 1.54) is 24.3 Å². The lowest BCUT2D eigenvalue weighted by molar-refractivity contribution is 0.596. The van der Waals surface area contributed by atoms with E-state index < -0.39 is 15.8 Å². The molecule has 0 aliphatic heterocycles. The molecular weight excluding hydrogens is 326 g/mol. The number of nitrogens with two attached hydrogens (primary N) is 1. The molecule has 2 aromatic rings. The summed E-state index contributed by atoms with van der Waals surface area (Å²) in [4.78, 5) is -0.344. The van der Waals surface area contributed by atoms with Gasteiger partial charge in [0.2, 0.25) is 0 Å². The second-order valence-electron chi connectivity index (χ2n) is 3.92. The Labute approximate surface area is 125 Å². The van der Waals surface area contributed by atoms with E-state index in [-0.39, 0.29) is 21.3 Å². The van der Waals surface area contributed by atoms with Gasteiger partial charge in [-0.2, -0.15) is 0 Å². The molecule has 20 heavy (non-hydrogen) atoms. The largest absolute Gasteiger partial charge is 0.398 e. The molecule has 0 aliphatic carbocycles. The number of hydrogen-bond acceptors (Lipinski definition) is 3. The Balaban J connectivity index is 2.40. The van der Waals surface area contributed by atoms with E-state index in [1.807, 2.05) is 0 Å². The van der Waals surface area contributed by atoms with Crippen molar-refractivity contribution in [2.45, 2.75) is 4.90 Å². The zero-order valence-electron chi connectivity index (χ0n) is 9.90. The number of anilines is 2. The van der Waals surface area contributed by atoms with Crippen LogP contribution in [0, 0.1) is 5.82 Å². The first kappa shape index (κ1) is 14.9. The number of halogens is 3. The summed E-state index contributed by atoms with van der Waals surface area (Å²) >= 11 is 11.5. The summed E-state index contributed by atoms with van der Waals surface area (Å²) < 4.78 is 39.7. The van der Waals surface area contributed by atoms with Crippen LogP contribution in [-0.4, -0.2) is 8.42 Å². The monoisotopic (exact) mass is 334 g/mol. The van der Waals surface area contributed by atoms with Gasteiger partial charge in [-0.05, 0) is 36.4 Å². The number of nitrogens with one attached hydrogen (secondary N) is 1. The van der Waals surface area contributed by atoms with Crippen molar-refractivity contribution in [3.05, 3.63) is 52.3 Å². The van der Waals surface area contributed by atoms with Crippen molar-refractivity contribution in [2.75, 3.05) is 10.5 Å². The third kappa shape index (κ3) is 3.15. The van der Waals surface area contributed by atoms with Crippen LogP contribution < -0.4 is 10.5 Å². The molecule has 0 spiro atoms. The Morgan fingerprint density at radius 3 is 2.40 bits per heavy atom. The zero-order chi connectivity index (χ0) is 14.9. The zero-order valence-corrected chi connectivity index (χ0v) is 12.2. The highest BCUT2D eigenvalue weighted by Crippen LogP contribution is 2.27. The third-order valence-electron chi connectivity index (χ3n) is 2.44. The lowest BCUT2D eigenvalue weighted by Crippen LogP contribution is -2.15. The van der Waals surface area contributed by atoms with Crippen molar-refractivity contribution < 1.29 is 12.8 Å². The average Bonchev–Trinajstić information content (AvgIpc) is 2.36. The first-order valence-corrected chi connectivity index (χ1v) is 7.56. The molecule has 0 saturated carbocycles. The van der Waals surface area contributed by atoms with Gasteiger partial charge in [0.15, 0.2) is 0 Å². The van der Waals surface area contributed by atoms with Crippen LogP contribution in [0.4, 0.5) is 15.8 Å². The maximum atomic E-state index is 13.1. The van der Waals surface area contributed by atoms with Crippen LogP contribution in [0.3, 0.4) is 0 Å². The van der Waals surface area contributed by atoms with Crippen molar-refractivity contribution in [3.63, 3.8) is 0 Å². The Kier molecular flexibility index (Phi) is 4.08. The van der Waals surface area contributed by atoms with Gasteiger partial charge in [-0.3, -0.25) is 4.72 Å². The van der Waals surface area contributed by atoms with E-state index in [4.69, 9.17) is 28.9 Å². The Morgan fingerprint density at radius 1 is 1.05 bits per heavy atom. The highest BCUT2D eigenvalue weighted by molar-refractivity contribution is 7.92. The molecule has 8 heteroatoms. The molecule has 2 aromatic carbocycles. The van der Waals surface area contributed by atoms with Crippen LogP contribution in [0.2, 0.25) is 10.0 Å². The van der Waals surface area contributed by atoms with Crippen molar-refractivity contribution in [3.8, 4) is 0 Å². The summed E-state index contributed by atoms with van der Waals surface area (Å²) in [6.07, 6.45) is 0. The lowest BCUT2D eigenvalue weighted by Gasteiger charge is -2.10. The molecule has 0 radical (unpaired) electrons. The topological polar surface area (TPSA) is 72.2 Å². The normalized spacial score (nSPS) is 11.3. The van der Waals surface area contributed by atoms with Crippen LogP contribution in [0.15, 0.2) is 41.3 Å². The van der Waals surface area contributed by atoms with E-state index in [9.17, 15) is 12.8 Å². The van der Waals surface area contributed by atoms with Gasteiger partial charge >= 0.3 is 0 Å². The predicted molar refractivity (Wildman–Crippen MR) is 78.1 cm³/mol. The molecule has 0 unspecified atom stereocenters. The SMILES string of the molecule is Nc1ccc(F)cc1S(=O)(=O)Nc1ccc(Cl)c(Cl)c1. The molecule has 0 saturated heterocycles. The molecule has 2 rings (SSSR count). The summed E-state index contributed by atoms with van der Waals surface area (Å²) in [7, 11) is -4.01. The van der Waals surface area contributed by atoms with Gasteiger partial charge in [0.05, 0.1) is 21.4 Å². The highest BCUT2D eigenvalue weighted by atomic mass is 35.5.